The summed E-state index contributed by atoms with van der Waals surface area (Å²) >= 11 is 6.27. The maximum Gasteiger partial charge on any atom is 0.329 e. The molecule has 3 aliphatic carbocycles. The summed E-state index contributed by atoms with van der Waals surface area (Å²) in [6.45, 7) is 6.81. The van der Waals surface area contributed by atoms with Crippen LogP contribution in [0.25, 0.3) is 0 Å². The van der Waals surface area contributed by atoms with Crippen LogP contribution in [-0.4, -0.2) is 48.4 Å². The van der Waals surface area contributed by atoms with Gasteiger partial charge in [-0.2, -0.15) is 0 Å². The van der Waals surface area contributed by atoms with Crippen molar-refractivity contribution in [2.75, 3.05) is 37.0 Å². The van der Waals surface area contributed by atoms with Crippen LogP contribution in [0, 0.1) is 11.8 Å². The van der Waals surface area contributed by atoms with Crippen LogP contribution in [0.5, 0.6) is 11.5 Å². The summed E-state index contributed by atoms with van der Waals surface area (Å²) in [5, 5.41) is 14.6. The summed E-state index contributed by atoms with van der Waals surface area (Å²) in [6.07, 6.45) is 9.97. The van der Waals surface area contributed by atoms with Crippen molar-refractivity contribution in [3.8, 4) is 11.5 Å². The predicted molar refractivity (Wildman–Crippen MR) is 183 cm³/mol. The van der Waals surface area contributed by atoms with E-state index in [0.29, 0.717) is 48.8 Å². The molecular weight excluding hydrogens is 598 g/mol. The van der Waals surface area contributed by atoms with Crippen LogP contribution in [0.2, 0.25) is 5.02 Å². The minimum Gasteiger partial charge on any atom is -0.493 e. The molecule has 244 valence electrons. The van der Waals surface area contributed by atoms with E-state index in [1.165, 1.54) is 35.2 Å². The maximum atomic E-state index is 12.9. The topological polar surface area (TPSA) is 83.9 Å². The first kappa shape index (κ1) is 31.2. The number of aryl methyl sites for hydroxylation is 1. The third-order valence-corrected chi connectivity index (χ3v) is 11.7. The normalized spacial score (nSPS) is 27.3. The van der Waals surface area contributed by atoms with Gasteiger partial charge in [0.25, 0.3) is 0 Å². The van der Waals surface area contributed by atoms with Gasteiger partial charge in [0.15, 0.2) is 0 Å². The molecule has 2 heterocycles. The molecule has 0 radical (unpaired) electrons. The van der Waals surface area contributed by atoms with Gasteiger partial charge < -0.3 is 24.8 Å². The van der Waals surface area contributed by atoms with Crippen molar-refractivity contribution >= 4 is 28.9 Å². The number of rotatable bonds is 8. The van der Waals surface area contributed by atoms with Crippen molar-refractivity contribution in [2.24, 2.45) is 11.8 Å². The zero-order valence-electron chi connectivity index (χ0n) is 27.3. The van der Waals surface area contributed by atoms with Gasteiger partial charge in [0.05, 0.1) is 18.8 Å². The summed E-state index contributed by atoms with van der Waals surface area (Å²) in [7, 11) is 2.14. The molecular formula is C38H46ClN3O4. The molecule has 0 saturated heterocycles. The first-order chi connectivity index (χ1) is 22.2. The van der Waals surface area contributed by atoms with Crippen LogP contribution in [0.1, 0.15) is 87.1 Å². The van der Waals surface area contributed by atoms with Gasteiger partial charge in [-0.25, -0.2) is 4.79 Å². The lowest BCUT2D eigenvalue weighted by Crippen LogP contribution is -2.53. The zero-order chi connectivity index (χ0) is 32.1. The Morgan fingerprint density at radius 1 is 1.22 bits per heavy atom. The third kappa shape index (κ3) is 5.59. The highest BCUT2D eigenvalue weighted by atomic mass is 35.5. The highest BCUT2D eigenvalue weighted by Gasteiger charge is 2.54. The molecule has 7 nitrogen and oxygen atoms in total. The highest BCUT2D eigenvalue weighted by molar-refractivity contribution is 6.30. The van der Waals surface area contributed by atoms with E-state index in [2.05, 4.69) is 48.2 Å². The number of carboxylic acid groups (broad SMARTS) is 1. The van der Waals surface area contributed by atoms with Crippen LogP contribution in [-0.2, 0) is 23.1 Å². The molecule has 2 aromatic carbocycles. The lowest BCUT2D eigenvalue weighted by molar-refractivity contribution is -0.144. The number of anilines is 2. The van der Waals surface area contributed by atoms with Crippen LogP contribution in [0.4, 0.5) is 11.4 Å². The first-order valence-electron chi connectivity index (χ1n) is 17.1. The second kappa shape index (κ2) is 12.3. The standard InChI is InChI=1S/C38H46ClN3O4/c1-24(23-46-33-10-15-40-31-9-4-6-25(2)35(31)33)18-27-19-26-20-34-32(42(3)16-17-45-34)22-30(26)37(27)11-13-38(14-12-37,36(43)44)41-29-8-5-7-28(39)21-29/h5,7-8,10,15,20-22,24-25,27,41H,4,6,9,11-14,16-19,23H2,1-3H3,(H,43,44)/t24-,25-,27+,37?,38?/m1/s1. The number of aromatic nitrogens is 1. The van der Waals surface area contributed by atoms with Crippen LogP contribution < -0.4 is 19.7 Å². The molecule has 1 spiro atoms. The van der Waals surface area contributed by atoms with Gasteiger partial charge in [0.2, 0.25) is 0 Å². The number of pyridine rings is 1. The molecule has 8 heteroatoms. The van der Waals surface area contributed by atoms with E-state index >= 15 is 0 Å². The Bertz CT molecular complexity index is 1620. The smallest absolute Gasteiger partial charge is 0.329 e. The SMILES string of the molecule is C[C@@H](COc1ccnc2c1[C@H](C)CCC2)C[C@H]1Cc2cc3c(cc2C12CCC(Nc1cccc(Cl)c1)(C(=O)O)CC2)N(C)CCO3. The number of nitrogens with one attached hydrogen (secondary N) is 1. The Kier molecular flexibility index (Phi) is 8.33. The van der Waals surface area contributed by atoms with Crippen molar-refractivity contribution in [1.29, 1.82) is 0 Å². The van der Waals surface area contributed by atoms with E-state index in [4.69, 9.17) is 21.1 Å². The third-order valence-electron chi connectivity index (χ3n) is 11.5. The average Bonchev–Trinajstić information content (AvgIpc) is 3.31. The Hall–Kier alpha value is -3.45. The summed E-state index contributed by atoms with van der Waals surface area (Å²) < 4.78 is 12.7. The fourth-order valence-corrected chi connectivity index (χ4v) is 9.14. The molecule has 7 rings (SSSR count). The molecule has 3 atom stereocenters. The van der Waals surface area contributed by atoms with Gasteiger partial charge in [-0.1, -0.05) is 31.5 Å². The molecule has 1 fully saturated rings. The van der Waals surface area contributed by atoms with E-state index in [-0.39, 0.29) is 5.41 Å². The molecule has 0 amide bonds. The van der Waals surface area contributed by atoms with Crippen LogP contribution >= 0.6 is 11.6 Å². The number of ether oxygens (including phenoxy) is 2. The van der Waals surface area contributed by atoms with Crippen molar-refractivity contribution in [2.45, 2.75) is 88.5 Å². The minimum atomic E-state index is -1.04. The van der Waals surface area contributed by atoms with E-state index in [1.54, 1.807) is 0 Å². The van der Waals surface area contributed by atoms with Gasteiger partial charge in [-0.15, -0.1) is 0 Å². The number of carbonyl (C=O) groups is 1. The predicted octanol–water partition coefficient (Wildman–Crippen LogP) is 8.03. The number of hydrogen-bond acceptors (Lipinski definition) is 6. The number of likely N-dealkylation sites (N-methyl/N-ethyl adjacent to an activating group) is 1. The van der Waals surface area contributed by atoms with Gasteiger partial charge >= 0.3 is 5.97 Å². The molecule has 1 saturated carbocycles. The molecule has 3 aromatic rings. The van der Waals surface area contributed by atoms with E-state index in [0.717, 1.165) is 61.5 Å². The average molecular weight is 644 g/mol. The molecule has 0 unspecified atom stereocenters. The summed E-state index contributed by atoms with van der Waals surface area (Å²) in [4.78, 5) is 19.9. The van der Waals surface area contributed by atoms with Crippen molar-refractivity contribution in [1.82, 2.24) is 4.98 Å². The number of nitrogens with zero attached hydrogens (tertiary/aromatic N) is 2. The Morgan fingerprint density at radius 3 is 2.83 bits per heavy atom. The van der Waals surface area contributed by atoms with Gasteiger partial charge in [-0.3, -0.25) is 4.98 Å². The number of aliphatic carboxylic acids is 1. The summed E-state index contributed by atoms with van der Waals surface area (Å²) in [6, 6.07) is 14.1. The van der Waals surface area contributed by atoms with Gasteiger partial charge in [0.1, 0.15) is 23.6 Å². The zero-order valence-corrected chi connectivity index (χ0v) is 28.0. The number of halogens is 1. The summed E-state index contributed by atoms with van der Waals surface area (Å²) in [5.41, 5.74) is 5.99. The van der Waals surface area contributed by atoms with Crippen molar-refractivity contribution < 1.29 is 19.4 Å². The lowest BCUT2D eigenvalue weighted by atomic mass is 9.59. The number of carboxylic acids is 1. The first-order valence-corrected chi connectivity index (χ1v) is 17.4. The van der Waals surface area contributed by atoms with Crippen LogP contribution in [0.15, 0.2) is 48.7 Å². The van der Waals surface area contributed by atoms with Gasteiger partial charge in [0, 0.05) is 35.2 Å². The van der Waals surface area contributed by atoms with Crippen molar-refractivity contribution in [3.63, 3.8) is 0 Å². The fourth-order valence-electron chi connectivity index (χ4n) is 8.95. The van der Waals surface area contributed by atoms with Crippen LogP contribution in [0.3, 0.4) is 0 Å². The molecule has 46 heavy (non-hydrogen) atoms. The van der Waals surface area contributed by atoms with Gasteiger partial charge in [-0.05, 0) is 128 Å². The molecule has 1 aliphatic heterocycles. The largest absolute Gasteiger partial charge is 0.493 e. The molecule has 0 bridgehead atoms. The summed E-state index contributed by atoms with van der Waals surface area (Å²) in [5.74, 6) is 2.36. The quantitative estimate of drug-likeness (QED) is 0.257. The second-order valence-corrected chi connectivity index (χ2v) is 14.9. The Balaban J connectivity index is 1.15. The monoisotopic (exact) mass is 643 g/mol. The minimum absolute atomic E-state index is 0.101. The number of hydrogen-bond donors (Lipinski definition) is 2. The number of benzene rings is 2. The van der Waals surface area contributed by atoms with Crippen molar-refractivity contribution in [3.05, 3.63) is 76.1 Å². The lowest BCUT2D eigenvalue weighted by Gasteiger charge is -2.47. The van der Waals surface area contributed by atoms with E-state index < -0.39 is 11.5 Å². The fraction of sp³-hybridized carbons (Fsp3) is 0.526. The highest BCUT2D eigenvalue weighted by Crippen LogP contribution is 2.58. The molecule has 4 aliphatic rings. The molecule has 2 N–H and O–H groups in total. The number of fused-ring (bicyclic) bond motifs is 4. The Morgan fingerprint density at radius 2 is 2.04 bits per heavy atom. The molecule has 1 aromatic heterocycles. The Labute approximate surface area is 277 Å². The maximum absolute atomic E-state index is 12.9. The van der Waals surface area contributed by atoms with E-state index in [1.807, 2.05) is 36.5 Å². The second-order valence-electron chi connectivity index (χ2n) is 14.4. The van der Waals surface area contributed by atoms with E-state index in [9.17, 15) is 9.90 Å².